The number of carbonyl (C=O) groups excluding carboxylic acids is 1. The van der Waals surface area contributed by atoms with Gasteiger partial charge < -0.3 is 15.8 Å². The van der Waals surface area contributed by atoms with E-state index in [0.29, 0.717) is 23.9 Å². The number of nitrogens with two attached hydrogens (primary N) is 1. The molecule has 1 atom stereocenters. The van der Waals surface area contributed by atoms with E-state index in [1.54, 1.807) is 31.2 Å². The molecule has 0 spiro atoms. The Bertz CT molecular complexity index is 340. The number of hydrogen-bond acceptors (Lipinski definition) is 3. The first-order valence-corrected chi connectivity index (χ1v) is 5.41. The largest absolute Gasteiger partial charge is 0.481 e. The highest BCUT2D eigenvalue weighted by Gasteiger charge is 2.13. The van der Waals surface area contributed by atoms with Crippen LogP contribution in [0.1, 0.15) is 6.92 Å². The second-order valence-corrected chi connectivity index (χ2v) is 3.73. The highest BCUT2D eigenvalue weighted by Crippen LogP contribution is 2.16. The van der Waals surface area contributed by atoms with Crippen molar-refractivity contribution >= 4 is 17.5 Å². The van der Waals surface area contributed by atoms with Gasteiger partial charge in [0.1, 0.15) is 5.75 Å². The Labute approximate surface area is 99.7 Å². The van der Waals surface area contributed by atoms with Crippen molar-refractivity contribution < 1.29 is 9.53 Å². The Balaban J connectivity index is 2.47. The minimum atomic E-state index is -0.548. The second-order valence-electron chi connectivity index (χ2n) is 3.29. The van der Waals surface area contributed by atoms with Gasteiger partial charge >= 0.3 is 0 Å². The summed E-state index contributed by atoms with van der Waals surface area (Å²) in [4.78, 5) is 11.5. The van der Waals surface area contributed by atoms with Crippen molar-refractivity contribution in [1.82, 2.24) is 5.32 Å². The molecule has 4 nitrogen and oxygen atoms in total. The number of nitrogens with one attached hydrogen (secondary N) is 1. The van der Waals surface area contributed by atoms with Gasteiger partial charge in [-0.1, -0.05) is 11.6 Å². The molecule has 0 saturated carbocycles. The van der Waals surface area contributed by atoms with Crippen LogP contribution in [-0.2, 0) is 4.79 Å². The molecule has 0 bridgehead atoms. The zero-order valence-corrected chi connectivity index (χ0v) is 9.83. The molecule has 0 aromatic heterocycles. The van der Waals surface area contributed by atoms with E-state index in [2.05, 4.69) is 5.32 Å². The average Bonchev–Trinajstić information content (AvgIpc) is 2.29. The summed E-state index contributed by atoms with van der Waals surface area (Å²) < 4.78 is 5.42. The molecule has 0 saturated heterocycles. The van der Waals surface area contributed by atoms with Gasteiger partial charge in [0.25, 0.3) is 5.91 Å². The number of benzene rings is 1. The maximum atomic E-state index is 11.5. The van der Waals surface area contributed by atoms with Gasteiger partial charge in [-0.05, 0) is 31.2 Å². The number of amides is 1. The fraction of sp³-hybridized carbons (Fsp3) is 0.364. The Morgan fingerprint density at radius 3 is 2.69 bits per heavy atom. The summed E-state index contributed by atoms with van der Waals surface area (Å²) in [5.41, 5.74) is 5.28. The van der Waals surface area contributed by atoms with E-state index in [4.69, 9.17) is 22.1 Å². The average molecular weight is 243 g/mol. The van der Waals surface area contributed by atoms with Gasteiger partial charge in [-0.15, -0.1) is 0 Å². The number of halogens is 1. The Morgan fingerprint density at radius 1 is 1.50 bits per heavy atom. The second kappa shape index (κ2) is 6.35. The lowest BCUT2D eigenvalue weighted by atomic mass is 10.3. The third-order valence-electron chi connectivity index (χ3n) is 1.94. The quantitative estimate of drug-likeness (QED) is 0.815. The van der Waals surface area contributed by atoms with Gasteiger partial charge in [0.05, 0.1) is 0 Å². The monoisotopic (exact) mass is 242 g/mol. The summed E-state index contributed by atoms with van der Waals surface area (Å²) in [6, 6.07) is 6.85. The van der Waals surface area contributed by atoms with Crippen LogP contribution in [0.4, 0.5) is 0 Å². The van der Waals surface area contributed by atoms with Crippen LogP contribution in [0.5, 0.6) is 5.75 Å². The van der Waals surface area contributed by atoms with E-state index >= 15 is 0 Å². The molecule has 0 aliphatic rings. The van der Waals surface area contributed by atoms with Gasteiger partial charge in [0, 0.05) is 18.1 Å². The van der Waals surface area contributed by atoms with Crippen LogP contribution in [-0.4, -0.2) is 25.1 Å². The van der Waals surface area contributed by atoms with E-state index < -0.39 is 6.10 Å². The number of ether oxygens (including phenoxy) is 1. The van der Waals surface area contributed by atoms with E-state index in [1.165, 1.54) is 0 Å². The molecule has 5 heteroatoms. The van der Waals surface area contributed by atoms with Crippen molar-refractivity contribution in [1.29, 1.82) is 0 Å². The van der Waals surface area contributed by atoms with Crippen molar-refractivity contribution in [3.63, 3.8) is 0 Å². The molecule has 0 aliphatic heterocycles. The van der Waals surface area contributed by atoms with Gasteiger partial charge in [-0.25, -0.2) is 0 Å². The van der Waals surface area contributed by atoms with E-state index in [-0.39, 0.29) is 5.91 Å². The number of carbonyl (C=O) groups is 1. The minimum absolute atomic E-state index is 0.180. The van der Waals surface area contributed by atoms with Crippen LogP contribution in [0.15, 0.2) is 24.3 Å². The van der Waals surface area contributed by atoms with Crippen LogP contribution in [0.2, 0.25) is 5.02 Å². The Hall–Kier alpha value is -1.26. The summed E-state index contributed by atoms with van der Waals surface area (Å²) in [6.07, 6.45) is -0.548. The molecule has 0 fully saturated rings. The molecular weight excluding hydrogens is 228 g/mol. The lowest BCUT2D eigenvalue weighted by Crippen LogP contribution is -2.38. The van der Waals surface area contributed by atoms with Crippen molar-refractivity contribution in [3.8, 4) is 5.75 Å². The van der Waals surface area contributed by atoms with Crippen LogP contribution in [0.25, 0.3) is 0 Å². The molecular formula is C11H15ClN2O2. The third kappa shape index (κ3) is 4.08. The molecule has 0 heterocycles. The van der Waals surface area contributed by atoms with Crippen LogP contribution in [0.3, 0.4) is 0 Å². The predicted molar refractivity (Wildman–Crippen MR) is 63.6 cm³/mol. The van der Waals surface area contributed by atoms with Gasteiger partial charge in [-0.3, -0.25) is 4.79 Å². The van der Waals surface area contributed by atoms with E-state index in [1.807, 2.05) is 0 Å². The molecule has 1 aromatic carbocycles. The third-order valence-corrected chi connectivity index (χ3v) is 2.19. The van der Waals surface area contributed by atoms with Crippen molar-refractivity contribution in [2.24, 2.45) is 5.73 Å². The van der Waals surface area contributed by atoms with Crippen LogP contribution >= 0.6 is 11.6 Å². The summed E-state index contributed by atoms with van der Waals surface area (Å²) in [7, 11) is 0. The molecule has 1 aromatic rings. The van der Waals surface area contributed by atoms with Gasteiger partial charge in [0.15, 0.2) is 6.10 Å². The Morgan fingerprint density at radius 2 is 2.12 bits per heavy atom. The molecule has 3 N–H and O–H groups in total. The molecule has 1 rings (SSSR count). The van der Waals surface area contributed by atoms with Crippen molar-refractivity contribution in [2.45, 2.75) is 13.0 Å². The zero-order valence-electron chi connectivity index (χ0n) is 9.07. The van der Waals surface area contributed by atoms with Gasteiger partial charge in [0.2, 0.25) is 0 Å². The lowest BCUT2D eigenvalue weighted by molar-refractivity contribution is -0.127. The molecule has 1 unspecified atom stereocenters. The summed E-state index contributed by atoms with van der Waals surface area (Å²) in [5, 5.41) is 3.28. The van der Waals surface area contributed by atoms with Crippen LogP contribution in [0, 0.1) is 0 Å². The highest BCUT2D eigenvalue weighted by atomic mass is 35.5. The summed E-state index contributed by atoms with van der Waals surface area (Å²) in [5.74, 6) is 0.431. The molecule has 88 valence electrons. The molecule has 0 aliphatic carbocycles. The topological polar surface area (TPSA) is 64.3 Å². The fourth-order valence-corrected chi connectivity index (χ4v) is 1.24. The van der Waals surface area contributed by atoms with Crippen molar-refractivity contribution in [2.75, 3.05) is 13.1 Å². The standard InChI is InChI=1S/C11H15ClN2O2/c1-8(11(15)14-7-6-13)16-10-4-2-9(12)3-5-10/h2-5,8H,6-7,13H2,1H3,(H,14,15). The molecule has 1 amide bonds. The smallest absolute Gasteiger partial charge is 0.260 e. The Kier molecular flexibility index (Phi) is 5.08. The predicted octanol–water partition coefficient (Wildman–Crippen LogP) is 1.18. The summed E-state index contributed by atoms with van der Waals surface area (Å²) >= 11 is 5.73. The SMILES string of the molecule is CC(Oc1ccc(Cl)cc1)C(=O)NCCN. The maximum absolute atomic E-state index is 11.5. The van der Waals surface area contributed by atoms with E-state index in [9.17, 15) is 4.79 Å². The van der Waals surface area contributed by atoms with Crippen LogP contribution < -0.4 is 15.8 Å². The maximum Gasteiger partial charge on any atom is 0.260 e. The first-order chi connectivity index (χ1) is 7.63. The minimum Gasteiger partial charge on any atom is -0.481 e. The fourth-order valence-electron chi connectivity index (χ4n) is 1.11. The molecule has 16 heavy (non-hydrogen) atoms. The van der Waals surface area contributed by atoms with E-state index in [0.717, 1.165) is 0 Å². The van der Waals surface area contributed by atoms with Gasteiger partial charge in [-0.2, -0.15) is 0 Å². The molecule has 0 radical (unpaired) electrons. The number of rotatable bonds is 5. The van der Waals surface area contributed by atoms with Crippen molar-refractivity contribution in [3.05, 3.63) is 29.3 Å². The first kappa shape index (κ1) is 12.8. The highest BCUT2D eigenvalue weighted by molar-refractivity contribution is 6.30. The first-order valence-electron chi connectivity index (χ1n) is 5.03. The summed E-state index contributed by atoms with van der Waals surface area (Å²) in [6.45, 7) is 2.55. The zero-order chi connectivity index (χ0) is 12.0. The normalized spacial score (nSPS) is 11.9. The lowest BCUT2D eigenvalue weighted by Gasteiger charge is -2.14. The number of hydrogen-bond donors (Lipinski definition) is 2.